The SMILES string of the molecule is O=C(CCNC(=O)c1ccccc1)Nc1ccc(F)c([N+](=O)[O-])c1. The number of hydrogen-bond donors (Lipinski definition) is 2. The number of nitro benzene ring substituents is 1. The average molecular weight is 331 g/mol. The molecule has 2 amide bonds. The van der Waals surface area contributed by atoms with E-state index < -0.39 is 22.3 Å². The highest BCUT2D eigenvalue weighted by Crippen LogP contribution is 2.21. The van der Waals surface area contributed by atoms with E-state index >= 15 is 0 Å². The molecule has 0 aliphatic heterocycles. The molecule has 2 aromatic rings. The second-order valence-corrected chi connectivity index (χ2v) is 4.84. The van der Waals surface area contributed by atoms with Gasteiger partial charge in [-0.25, -0.2) is 0 Å². The molecule has 0 fully saturated rings. The molecule has 0 aliphatic carbocycles. The summed E-state index contributed by atoms with van der Waals surface area (Å²) >= 11 is 0. The molecule has 0 heterocycles. The summed E-state index contributed by atoms with van der Waals surface area (Å²) in [7, 11) is 0. The molecule has 0 unspecified atom stereocenters. The molecule has 0 aromatic heterocycles. The molecule has 8 heteroatoms. The molecule has 24 heavy (non-hydrogen) atoms. The quantitative estimate of drug-likeness (QED) is 0.627. The molecule has 0 saturated carbocycles. The number of rotatable bonds is 6. The lowest BCUT2D eigenvalue weighted by Crippen LogP contribution is -2.27. The molecule has 0 aliphatic rings. The van der Waals surface area contributed by atoms with Crippen LogP contribution in [-0.4, -0.2) is 23.3 Å². The van der Waals surface area contributed by atoms with Gasteiger partial charge in [0.2, 0.25) is 11.7 Å². The van der Waals surface area contributed by atoms with Gasteiger partial charge in [-0.1, -0.05) is 18.2 Å². The largest absolute Gasteiger partial charge is 0.352 e. The van der Waals surface area contributed by atoms with Gasteiger partial charge in [-0.05, 0) is 24.3 Å². The first-order chi connectivity index (χ1) is 11.5. The number of amides is 2. The number of nitrogens with one attached hydrogen (secondary N) is 2. The number of hydrogen-bond acceptors (Lipinski definition) is 4. The Balaban J connectivity index is 1.85. The fourth-order valence-corrected chi connectivity index (χ4v) is 1.93. The van der Waals surface area contributed by atoms with E-state index in [1.165, 1.54) is 6.07 Å². The average Bonchev–Trinajstić information content (AvgIpc) is 2.57. The molecular weight excluding hydrogens is 317 g/mol. The maximum atomic E-state index is 13.2. The molecule has 0 saturated heterocycles. The van der Waals surface area contributed by atoms with E-state index in [9.17, 15) is 24.1 Å². The van der Waals surface area contributed by atoms with Gasteiger partial charge < -0.3 is 10.6 Å². The zero-order valence-electron chi connectivity index (χ0n) is 12.5. The summed E-state index contributed by atoms with van der Waals surface area (Å²) in [5.74, 6) is -1.74. The molecule has 0 spiro atoms. The van der Waals surface area contributed by atoms with Crippen molar-refractivity contribution in [2.75, 3.05) is 11.9 Å². The number of nitro groups is 1. The Bertz CT molecular complexity index is 765. The van der Waals surface area contributed by atoms with Crippen molar-refractivity contribution in [2.45, 2.75) is 6.42 Å². The van der Waals surface area contributed by atoms with E-state index in [0.717, 1.165) is 12.1 Å². The lowest BCUT2D eigenvalue weighted by Gasteiger charge is -2.07. The first-order valence-electron chi connectivity index (χ1n) is 7.04. The van der Waals surface area contributed by atoms with Crippen LogP contribution in [0.2, 0.25) is 0 Å². The molecule has 0 atom stereocenters. The van der Waals surface area contributed by atoms with Gasteiger partial charge in [0.25, 0.3) is 5.91 Å². The van der Waals surface area contributed by atoms with Crippen LogP contribution in [0.4, 0.5) is 15.8 Å². The van der Waals surface area contributed by atoms with Crippen molar-refractivity contribution in [3.8, 4) is 0 Å². The monoisotopic (exact) mass is 331 g/mol. The van der Waals surface area contributed by atoms with Crippen LogP contribution < -0.4 is 10.6 Å². The summed E-state index contributed by atoms with van der Waals surface area (Å²) in [6.45, 7) is 0.100. The third-order valence-corrected chi connectivity index (χ3v) is 3.10. The summed E-state index contributed by atoms with van der Waals surface area (Å²) in [4.78, 5) is 33.3. The van der Waals surface area contributed by atoms with Crippen LogP contribution in [0.5, 0.6) is 0 Å². The van der Waals surface area contributed by atoms with E-state index in [1.807, 2.05) is 0 Å². The van der Waals surface area contributed by atoms with Gasteiger partial charge >= 0.3 is 5.69 Å². The van der Waals surface area contributed by atoms with Gasteiger partial charge in [-0.15, -0.1) is 0 Å². The Morgan fingerprint density at radius 1 is 1.12 bits per heavy atom. The van der Waals surface area contributed by atoms with Crippen LogP contribution in [0, 0.1) is 15.9 Å². The molecule has 2 aromatic carbocycles. The zero-order valence-corrected chi connectivity index (χ0v) is 12.5. The van der Waals surface area contributed by atoms with Crippen LogP contribution in [0.15, 0.2) is 48.5 Å². The lowest BCUT2D eigenvalue weighted by atomic mass is 10.2. The van der Waals surface area contributed by atoms with E-state index in [-0.39, 0.29) is 24.6 Å². The Hall–Kier alpha value is -3.29. The standard InChI is InChI=1S/C16H14FN3O4/c17-13-7-6-12(10-14(13)20(23)24)19-15(21)8-9-18-16(22)11-4-2-1-3-5-11/h1-7,10H,8-9H2,(H,18,22)(H,19,21). The van der Waals surface area contributed by atoms with E-state index in [2.05, 4.69) is 10.6 Å². The van der Waals surface area contributed by atoms with Crippen molar-refractivity contribution < 1.29 is 18.9 Å². The molecule has 2 rings (SSSR count). The predicted octanol–water partition coefficient (Wildman–Crippen LogP) is 2.49. The third kappa shape index (κ3) is 4.60. The number of carbonyl (C=O) groups is 2. The van der Waals surface area contributed by atoms with Gasteiger partial charge in [0.1, 0.15) is 0 Å². The minimum atomic E-state index is -0.979. The smallest absolute Gasteiger partial charge is 0.306 e. The maximum absolute atomic E-state index is 13.2. The fraction of sp³-hybridized carbons (Fsp3) is 0.125. The van der Waals surface area contributed by atoms with Gasteiger partial charge in [-0.3, -0.25) is 19.7 Å². The molecule has 124 valence electrons. The van der Waals surface area contributed by atoms with E-state index in [1.54, 1.807) is 30.3 Å². The minimum absolute atomic E-state index is 0.0241. The molecule has 0 radical (unpaired) electrons. The first-order valence-corrected chi connectivity index (χ1v) is 7.04. The number of anilines is 1. The van der Waals surface area contributed by atoms with Gasteiger partial charge in [0, 0.05) is 30.3 Å². The topological polar surface area (TPSA) is 101 Å². The van der Waals surface area contributed by atoms with Crippen molar-refractivity contribution in [1.82, 2.24) is 5.32 Å². The fourth-order valence-electron chi connectivity index (χ4n) is 1.93. The Morgan fingerprint density at radius 2 is 1.83 bits per heavy atom. The summed E-state index contributed by atoms with van der Waals surface area (Å²) in [5.41, 5.74) is -0.125. The van der Waals surface area contributed by atoms with Crippen LogP contribution in [0.25, 0.3) is 0 Å². The molecule has 2 N–H and O–H groups in total. The van der Waals surface area contributed by atoms with Crippen LogP contribution in [0.3, 0.4) is 0 Å². The maximum Gasteiger partial charge on any atom is 0.306 e. The van der Waals surface area contributed by atoms with Crippen molar-refractivity contribution in [3.05, 3.63) is 70.0 Å². The summed E-state index contributed by atoms with van der Waals surface area (Å²) in [6, 6.07) is 11.6. The second-order valence-electron chi connectivity index (χ2n) is 4.84. The molecular formula is C16H14FN3O4. The van der Waals surface area contributed by atoms with Crippen molar-refractivity contribution >= 4 is 23.2 Å². The predicted molar refractivity (Wildman–Crippen MR) is 85.1 cm³/mol. The Labute approximate surface area is 136 Å². The number of halogens is 1. The Kier molecular flexibility index (Phi) is 5.56. The lowest BCUT2D eigenvalue weighted by molar-refractivity contribution is -0.387. The minimum Gasteiger partial charge on any atom is -0.352 e. The van der Waals surface area contributed by atoms with E-state index in [4.69, 9.17) is 0 Å². The van der Waals surface area contributed by atoms with Crippen molar-refractivity contribution in [1.29, 1.82) is 0 Å². The number of carbonyl (C=O) groups excluding carboxylic acids is 2. The number of nitrogens with zero attached hydrogens (tertiary/aromatic N) is 1. The van der Waals surface area contributed by atoms with Crippen LogP contribution >= 0.6 is 0 Å². The molecule has 0 bridgehead atoms. The highest BCUT2D eigenvalue weighted by molar-refractivity contribution is 5.95. The summed E-state index contributed by atoms with van der Waals surface area (Å²) in [5, 5.41) is 15.6. The highest BCUT2D eigenvalue weighted by atomic mass is 19.1. The summed E-state index contributed by atoms with van der Waals surface area (Å²) < 4.78 is 13.2. The van der Waals surface area contributed by atoms with Crippen molar-refractivity contribution in [2.24, 2.45) is 0 Å². The van der Waals surface area contributed by atoms with Crippen molar-refractivity contribution in [3.63, 3.8) is 0 Å². The third-order valence-electron chi connectivity index (χ3n) is 3.10. The van der Waals surface area contributed by atoms with Crippen LogP contribution in [-0.2, 0) is 4.79 Å². The normalized spacial score (nSPS) is 10.0. The van der Waals surface area contributed by atoms with Gasteiger partial charge in [-0.2, -0.15) is 4.39 Å². The summed E-state index contributed by atoms with van der Waals surface area (Å²) in [6.07, 6.45) is -0.0241. The Morgan fingerprint density at radius 3 is 2.50 bits per heavy atom. The zero-order chi connectivity index (χ0) is 17.5. The van der Waals surface area contributed by atoms with E-state index in [0.29, 0.717) is 5.56 Å². The molecule has 7 nitrogen and oxygen atoms in total. The number of benzene rings is 2. The van der Waals surface area contributed by atoms with Crippen LogP contribution in [0.1, 0.15) is 16.8 Å². The second kappa shape index (κ2) is 7.82. The highest BCUT2D eigenvalue weighted by Gasteiger charge is 2.15. The first kappa shape index (κ1) is 17.1. The van der Waals surface area contributed by atoms with Gasteiger partial charge in [0.05, 0.1) is 4.92 Å². The van der Waals surface area contributed by atoms with Gasteiger partial charge in [0.15, 0.2) is 0 Å².